The number of phenols is 1. The SMILES string of the molecule is O=C(Nc1c(O)cccc1C(=O)Nc1ccc(Cl)cn1)c1ccc(C(=C2CCN2)N2CCC2)cc1. The van der Waals surface area contributed by atoms with Crippen LogP contribution < -0.4 is 16.0 Å². The molecule has 2 saturated heterocycles. The molecule has 2 aliphatic rings. The lowest BCUT2D eigenvalue weighted by Crippen LogP contribution is -2.40. The average molecular weight is 490 g/mol. The third-order valence-corrected chi connectivity index (χ3v) is 6.31. The van der Waals surface area contributed by atoms with Crippen LogP contribution in [-0.4, -0.2) is 46.4 Å². The van der Waals surface area contributed by atoms with Crippen molar-refractivity contribution in [3.05, 3.63) is 88.2 Å². The maximum atomic E-state index is 13.0. The number of nitrogens with one attached hydrogen (secondary N) is 3. The van der Waals surface area contributed by atoms with Crippen LogP contribution in [0.15, 0.2) is 66.5 Å². The Kier molecular flexibility index (Phi) is 6.29. The fourth-order valence-electron chi connectivity index (χ4n) is 4.00. The lowest BCUT2D eigenvalue weighted by molar-refractivity contribution is 0.102. The highest BCUT2D eigenvalue weighted by atomic mass is 35.5. The molecule has 0 bridgehead atoms. The molecular formula is C26H24ClN5O3. The topological polar surface area (TPSA) is 107 Å². The van der Waals surface area contributed by atoms with E-state index in [1.165, 1.54) is 42.2 Å². The van der Waals surface area contributed by atoms with Gasteiger partial charge in [-0.15, -0.1) is 0 Å². The fourth-order valence-corrected chi connectivity index (χ4v) is 4.11. The molecule has 2 aromatic carbocycles. The van der Waals surface area contributed by atoms with E-state index >= 15 is 0 Å². The summed E-state index contributed by atoms with van der Waals surface area (Å²) in [6.07, 6.45) is 3.62. The molecule has 0 radical (unpaired) electrons. The van der Waals surface area contributed by atoms with Crippen LogP contribution >= 0.6 is 11.6 Å². The van der Waals surface area contributed by atoms with Crippen molar-refractivity contribution in [1.29, 1.82) is 0 Å². The summed E-state index contributed by atoms with van der Waals surface area (Å²) in [5.74, 6) is -0.881. The maximum Gasteiger partial charge on any atom is 0.259 e. The summed E-state index contributed by atoms with van der Waals surface area (Å²) in [7, 11) is 0. The van der Waals surface area contributed by atoms with Crippen LogP contribution in [0.2, 0.25) is 5.02 Å². The molecule has 3 aromatic rings. The first-order valence-corrected chi connectivity index (χ1v) is 11.8. The highest BCUT2D eigenvalue weighted by Crippen LogP contribution is 2.31. The zero-order valence-corrected chi connectivity index (χ0v) is 19.6. The van der Waals surface area contributed by atoms with Crippen molar-refractivity contribution in [2.45, 2.75) is 12.8 Å². The summed E-state index contributed by atoms with van der Waals surface area (Å²) in [5.41, 5.74) is 4.04. The van der Waals surface area contributed by atoms with Gasteiger partial charge in [0.1, 0.15) is 11.6 Å². The highest BCUT2D eigenvalue weighted by molar-refractivity contribution is 6.30. The first kappa shape index (κ1) is 22.7. The number of anilines is 2. The maximum absolute atomic E-state index is 13.0. The minimum Gasteiger partial charge on any atom is -0.506 e. The van der Waals surface area contributed by atoms with E-state index in [9.17, 15) is 14.7 Å². The van der Waals surface area contributed by atoms with Gasteiger partial charge in [-0.25, -0.2) is 4.98 Å². The zero-order chi connectivity index (χ0) is 24.4. The van der Waals surface area contributed by atoms with E-state index in [4.69, 9.17) is 11.6 Å². The van der Waals surface area contributed by atoms with Gasteiger partial charge in [0, 0.05) is 43.5 Å². The zero-order valence-electron chi connectivity index (χ0n) is 18.8. The number of halogens is 1. The summed E-state index contributed by atoms with van der Waals surface area (Å²) in [6.45, 7) is 3.05. The molecule has 0 aliphatic carbocycles. The van der Waals surface area contributed by atoms with E-state index in [0.717, 1.165) is 31.6 Å². The van der Waals surface area contributed by atoms with E-state index < -0.39 is 11.8 Å². The molecule has 3 heterocycles. The van der Waals surface area contributed by atoms with Gasteiger partial charge in [0.2, 0.25) is 0 Å². The minimum atomic E-state index is -0.528. The van der Waals surface area contributed by atoms with Crippen LogP contribution in [0.1, 0.15) is 39.1 Å². The van der Waals surface area contributed by atoms with Crippen molar-refractivity contribution in [3.8, 4) is 5.75 Å². The van der Waals surface area contributed by atoms with Crippen molar-refractivity contribution in [1.82, 2.24) is 15.2 Å². The second-order valence-corrected chi connectivity index (χ2v) is 8.83. The molecule has 0 atom stereocenters. The Hall–Kier alpha value is -4.04. The number of pyridine rings is 1. The van der Waals surface area contributed by atoms with Crippen LogP contribution in [0, 0.1) is 0 Å². The van der Waals surface area contributed by atoms with Gasteiger partial charge in [-0.3, -0.25) is 9.59 Å². The molecule has 2 fully saturated rings. The molecule has 1 aromatic heterocycles. The second kappa shape index (κ2) is 9.68. The highest BCUT2D eigenvalue weighted by Gasteiger charge is 2.25. The number of benzene rings is 2. The molecule has 0 spiro atoms. The van der Waals surface area contributed by atoms with Crippen LogP contribution in [0.5, 0.6) is 5.75 Å². The van der Waals surface area contributed by atoms with Crippen LogP contribution in [-0.2, 0) is 0 Å². The second-order valence-electron chi connectivity index (χ2n) is 8.39. The average Bonchev–Trinajstić information content (AvgIpc) is 2.79. The Bertz CT molecular complexity index is 1300. The van der Waals surface area contributed by atoms with E-state index in [-0.39, 0.29) is 17.0 Å². The molecule has 35 heavy (non-hydrogen) atoms. The Labute approximate surface area is 207 Å². The lowest BCUT2D eigenvalue weighted by Gasteiger charge is -2.39. The number of nitrogens with zero attached hydrogens (tertiary/aromatic N) is 2. The minimum absolute atomic E-state index is 0.0232. The number of carbonyl (C=O) groups is 2. The van der Waals surface area contributed by atoms with Crippen LogP contribution in [0.25, 0.3) is 5.70 Å². The van der Waals surface area contributed by atoms with Gasteiger partial charge >= 0.3 is 0 Å². The number of likely N-dealkylation sites (tertiary alicyclic amines) is 1. The Morgan fingerprint density at radius 3 is 2.31 bits per heavy atom. The van der Waals surface area contributed by atoms with E-state index in [1.54, 1.807) is 24.3 Å². The summed E-state index contributed by atoms with van der Waals surface area (Å²) in [6, 6.07) is 15.0. The number of hydrogen-bond acceptors (Lipinski definition) is 6. The molecule has 178 valence electrons. The van der Waals surface area contributed by atoms with Crippen molar-refractivity contribution in [3.63, 3.8) is 0 Å². The normalized spacial score (nSPS) is 15.9. The number of rotatable bonds is 6. The molecule has 0 saturated carbocycles. The van der Waals surface area contributed by atoms with E-state index in [2.05, 4.69) is 25.8 Å². The number of aromatic nitrogens is 1. The first-order chi connectivity index (χ1) is 17.0. The fraction of sp³-hybridized carbons (Fsp3) is 0.192. The number of carbonyl (C=O) groups excluding carboxylic acids is 2. The molecule has 4 N–H and O–H groups in total. The summed E-state index contributed by atoms with van der Waals surface area (Å²) in [4.78, 5) is 32.2. The predicted molar refractivity (Wildman–Crippen MR) is 135 cm³/mol. The largest absolute Gasteiger partial charge is 0.506 e. The summed E-state index contributed by atoms with van der Waals surface area (Å²) in [5, 5.41) is 19.6. The molecule has 0 unspecified atom stereocenters. The van der Waals surface area contributed by atoms with Crippen molar-refractivity contribution in [2.24, 2.45) is 0 Å². The van der Waals surface area contributed by atoms with Crippen molar-refractivity contribution < 1.29 is 14.7 Å². The number of hydrogen-bond donors (Lipinski definition) is 4. The van der Waals surface area contributed by atoms with Crippen LogP contribution in [0.4, 0.5) is 11.5 Å². The molecule has 9 heteroatoms. The van der Waals surface area contributed by atoms with Gasteiger partial charge in [0.05, 0.1) is 22.0 Å². The molecule has 2 amide bonds. The van der Waals surface area contributed by atoms with Gasteiger partial charge in [-0.1, -0.05) is 29.8 Å². The van der Waals surface area contributed by atoms with Gasteiger partial charge < -0.3 is 26.0 Å². The number of phenolic OH excluding ortho intramolecular Hbond substituents is 1. The summed E-state index contributed by atoms with van der Waals surface area (Å²) >= 11 is 5.84. The monoisotopic (exact) mass is 489 g/mol. The van der Waals surface area contributed by atoms with Gasteiger partial charge in [-0.2, -0.15) is 0 Å². The third-order valence-electron chi connectivity index (χ3n) is 6.09. The molecule has 5 rings (SSSR count). The number of aromatic hydroxyl groups is 1. The summed E-state index contributed by atoms with van der Waals surface area (Å²) < 4.78 is 0. The third kappa shape index (κ3) is 4.79. The van der Waals surface area contributed by atoms with E-state index in [1.807, 2.05) is 12.1 Å². The lowest BCUT2D eigenvalue weighted by atomic mass is 9.99. The quantitative estimate of drug-likeness (QED) is 0.384. The van der Waals surface area contributed by atoms with Gasteiger partial charge in [-0.05, 0) is 48.4 Å². The predicted octanol–water partition coefficient (Wildman–Crippen LogP) is 4.31. The molecule has 2 aliphatic heterocycles. The van der Waals surface area contributed by atoms with Crippen molar-refractivity contribution >= 4 is 40.6 Å². The van der Waals surface area contributed by atoms with E-state index in [0.29, 0.717) is 16.4 Å². The molecular weight excluding hydrogens is 466 g/mol. The van der Waals surface area contributed by atoms with Gasteiger partial charge in [0.15, 0.2) is 0 Å². The van der Waals surface area contributed by atoms with Crippen molar-refractivity contribution in [2.75, 3.05) is 30.3 Å². The number of para-hydroxylation sites is 1. The Balaban J connectivity index is 1.34. The standard InChI is InChI=1S/C26H24ClN5O3/c27-18-9-10-22(29-15-18)30-26(35)19-3-1-4-21(33)23(19)31-25(34)17-7-5-16(6-8-17)24(20-11-12-28-20)32-13-2-14-32/h1,3-10,15,28,33H,2,11-14H2,(H,31,34)(H,29,30,35). The van der Waals surface area contributed by atoms with Gasteiger partial charge in [0.25, 0.3) is 11.8 Å². The Morgan fingerprint density at radius 1 is 0.971 bits per heavy atom. The van der Waals surface area contributed by atoms with Crippen LogP contribution in [0.3, 0.4) is 0 Å². The first-order valence-electron chi connectivity index (χ1n) is 11.4. The molecule has 8 nitrogen and oxygen atoms in total. The number of amides is 2. The smallest absolute Gasteiger partial charge is 0.259 e. The Morgan fingerprint density at radius 2 is 1.71 bits per heavy atom.